The maximum Gasteiger partial charge on any atom is 0.127 e. The van der Waals surface area contributed by atoms with E-state index in [4.69, 9.17) is 9.47 Å². The van der Waals surface area contributed by atoms with Crippen LogP contribution in [0.4, 0.5) is 0 Å². The first-order valence-electron chi connectivity index (χ1n) is 6.49. The van der Waals surface area contributed by atoms with E-state index in [-0.39, 0.29) is 25.7 Å². The summed E-state index contributed by atoms with van der Waals surface area (Å²) in [6.07, 6.45) is -2.45. The van der Waals surface area contributed by atoms with E-state index in [2.05, 4.69) is 5.32 Å². The van der Waals surface area contributed by atoms with Gasteiger partial charge in [-0.25, -0.2) is 0 Å². The molecule has 0 bridgehead atoms. The molecular weight excluding hydrogens is 238 g/mol. The van der Waals surface area contributed by atoms with Crippen molar-refractivity contribution < 1.29 is 24.8 Å². The minimum atomic E-state index is -0.961. The lowest BCUT2D eigenvalue weighted by atomic mass is 9.86. The van der Waals surface area contributed by atoms with Crippen molar-refractivity contribution in [3.05, 3.63) is 0 Å². The quantitative estimate of drug-likeness (QED) is 0.488. The number of ether oxygens (including phenoxy) is 2. The summed E-state index contributed by atoms with van der Waals surface area (Å²) in [5.74, 6) is 0. The molecule has 5 atom stereocenters. The minimum Gasteiger partial charge on any atom is -0.392 e. The third-order valence-electron chi connectivity index (χ3n) is 3.67. The molecule has 0 saturated carbocycles. The van der Waals surface area contributed by atoms with Crippen LogP contribution >= 0.6 is 0 Å². The predicted molar refractivity (Wildman–Crippen MR) is 64.2 cm³/mol. The molecule has 0 radical (unpaired) electrons. The van der Waals surface area contributed by atoms with Gasteiger partial charge in [0.25, 0.3) is 0 Å². The van der Waals surface area contributed by atoms with Gasteiger partial charge in [0.05, 0.1) is 19.3 Å². The average molecular weight is 261 g/mol. The molecule has 0 amide bonds. The summed E-state index contributed by atoms with van der Waals surface area (Å²) in [6.45, 7) is 4.71. The maximum atomic E-state index is 10.0. The smallest absolute Gasteiger partial charge is 0.127 e. The molecule has 0 aromatic carbocycles. The Morgan fingerprint density at radius 3 is 2.72 bits per heavy atom. The van der Waals surface area contributed by atoms with Gasteiger partial charge in [-0.05, 0) is 0 Å². The van der Waals surface area contributed by atoms with Crippen molar-refractivity contribution in [3.8, 4) is 0 Å². The summed E-state index contributed by atoms with van der Waals surface area (Å²) in [5, 5.41) is 32.9. The van der Waals surface area contributed by atoms with Crippen LogP contribution < -0.4 is 5.32 Å². The standard InChI is InChI=1S/C12H23NO5/c1-7(2)13-4-8(14)3-12-10(16)6-17-11(12)9(15)5-18-12/h7-11,13-16H,3-6H2,1-2H3/t8?,9-,10+,11-,12-/m1/s1. The van der Waals surface area contributed by atoms with Crippen LogP contribution in [0.2, 0.25) is 0 Å². The van der Waals surface area contributed by atoms with Crippen LogP contribution in [-0.2, 0) is 9.47 Å². The predicted octanol–water partition coefficient (Wildman–Crippen LogP) is -1.37. The molecule has 0 spiro atoms. The zero-order valence-electron chi connectivity index (χ0n) is 10.9. The van der Waals surface area contributed by atoms with Gasteiger partial charge >= 0.3 is 0 Å². The van der Waals surface area contributed by atoms with Gasteiger partial charge in [-0.1, -0.05) is 13.8 Å². The molecule has 2 saturated heterocycles. The summed E-state index contributed by atoms with van der Waals surface area (Å²) >= 11 is 0. The molecule has 2 rings (SSSR count). The highest BCUT2D eigenvalue weighted by Crippen LogP contribution is 2.41. The average Bonchev–Trinajstić information content (AvgIpc) is 2.77. The molecule has 1 unspecified atom stereocenters. The zero-order chi connectivity index (χ0) is 13.3. The van der Waals surface area contributed by atoms with Gasteiger partial charge in [0.2, 0.25) is 0 Å². The normalized spacial score (nSPS) is 41.3. The Labute approximate surface area is 107 Å². The Balaban J connectivity index is 1.97. The first-order chi connectivity index (χ1) is 8.45. The number of aliphatic hydroxyl groups excluding tert-OH is 3. The molecule has 0 aromatic rings. The summed E-state index contributed by atoms with van der Waals surface area (Å²) in [5.41, 5.74) is -0.961. The third-order valence-corrected chi connectivity index (χ3v) is 3.67. The SMILES string of the molecule is CC(C)NCC(O)C[C@]12OC[C@@H](O)[C@H]1OC[C@@H]2O. The van der Waals surface area contributed by atoms with E-state index in [1.54, 1.807) is 0 Å². The number of hydrogen-bond acceptors (Lipinski definition) is 6. The Morgan fingerprint density at radius 2 is 2.06 bits per heavy atom. The summed E-state index contributed by atoms with van der Waals surface area (Å²) in [7, 11) is 0. The molecule has 2 aliphatic rings. The van der Waals surface area contributed by atoms with E-state index in [1.165, 1.54) is 0 Å². The van der Waals surface area contributed by atoms with Gasteiger partial charge in [-0.3, -0.25) is 0 Å². The largest absolute Gasteiger partial charge is 0.392 e. The first-order valence-corrected chi connectivity index (χ1v) is 6.49. The monoisotopic (exact) mass is 261 g/mol. The van der Waals surface area contributed by atoms with Gasteiger partial charge in [0.15, 0.2) is 0 Å². The number of hydrogen-bond donors (Lipinski definition) is 4. The first kappa shape index (κ1) is 14.2. The van der Waals surface area contributed by atoms with Crippen LogP contribution in [0.3, 0.4) is 0 Å². The van der Waals surface area contributed by atoms with Gasteiger partial charge in [-0.15, -0.1) is 0 Å². The fraction of sp³-hybridized carbons (Fsp3) is 1.00. The lowest BCUT2D eigenvalue weighted by Crippen LogP contribution is -2.50. The molecule has 0 aliphatic carbocycles. The molecule has 0 aromatic heterocycles. The Morgan fingerprint density at radius 1 is 1.33 bits per heavy atom. The van der Waals surface area contributed by atoms with Crippen molar-refractivity contribution >= 4 is 0 Å². The zero-order valence-corrected chi connectivity index (χ0v) is 10.9. The van der Waals surface area contributed by atoms with E-state index < -0.39 is 30.0 Å². The van der Waals surface area contributed by atoms with Crippen LogP contribution in [0, 0.1) is 0 Å². The number of fused-ring (bicyclic) bond motifs is 1. The molecule has 2 heterocycles. The maximum absolute atomic E-state index is 10.0. The van der Waals surface area contributed by atoms with Crippen molar-refractivity contribution in [1.82, 2.24) is 5.32 Å². The number of rotatable bonds is 5. The van der Waals surface area contributed by atoms with Crippen molar-refractivity contribution in [2.24, 2.45) is 0 Å². The van der Waals surface area contributed by atoms with E-state index in [9.17, 15) is 15.3 Å². The van der Waals surface area contributed by atoms with Crippen molar-refractivity contribution in [2.75, 3.05) is 19.8 Å². The Bertz CT molecular complexity index is 288. The molecule has 6 heteroatoms. The minimum absolute atomic E-state index is 0.145. The van der Waals surface area contributed by atoms with Gasteiger partial charge in [0, 0.05) is 19.0 Å². The lowest BCUT2D eigenvalue weighted by molar-refractivity contribution is -0.100. The van der Waals surface area contributed by atoms with Gasteiger partial charge < -0.3 is 30.1 Å². The van der Waals surface area contributed by atoms with Crippen LogP contribution in [0.5, 0.6) is 0 Å². The van der Waals surface area contributed by atoms with Gasteiger partial charge in [0.1, 0.15) is 23.9 Å². The van der Waals surface area contributed by atoms with E-state index in [1.807, 2.05) is 13.8 Å². The molecule has 6 nitrogen and oxygen atoms in total. The highest BCUT2D eigenvalue weighted by Gasteiger charge is 2.59. The molecule has 4 N–H and O–H groups in total. The number of aliphatic hydroxyl groups is 3. The second-order valence-electron chi connectivity index (χ2n) is 5.52. The fourth-order valence-corrected chi connectivity index (χ4v) is 2.73. The summed E-state index contributed by atoms with van der Waals surface area (Å²) in [4.78, 5) is 0. The third kappa shape index (κ3) is 2.54. The second-order valence-corrected chi connectivity index (χ2v) is 5.52. The van der Waals surface area contributed by atoms with E-state index in [0.717, 1.165) is 0 Å². The molecule has 106 valence electrons. The molecule has 2 fully saturated rings. The van der Waals surface area contributed by atoms with E-state index in [0.29, 0.717) is 6.54 Å². The topological polar surface area (TPSA) is 91.2 Å². The lowest BCUT2D eigenvalue weighted by Gasteiger charge is -2.32. The second kappa shape index (κ2) is 5.40. The number of nitrogens with one attached hydrogen (secondary N) is 1. The highest BCUT2D eigenvalue weighted by atomic mass is 16.6. The fourth-order valence-electron chi connectivity index (χ4n) is 2.73. The van der Waals surface area contributed by atoms with Gasteiger partial charge in [-0.2, -0.15) is 0 Å². The van der Waals surface area contributed by atoms with Crippen LogP contribution in [0.1, 0.15) is 20.3 Å². The summed E-state index contributed by atoms with van der Waals surface area (Å²) < 4.78 is 10.9. The highest BCUT2D eigenvalue weighted by molar-refractivity contribution is 5.08. The van der Waals surface area contributed by atoms with Crippen molar-refractivity contribution in [3.63, 3.8) is 0 Å². The van der Waals surface area contributed by atoms with Crippen molar-refractivity contribution in [1.29, 1.82) is 0 Å². The summed E-state index contributed by atoms with van der Waals surface area (Å²) in [6, 6.07) is 0.285. The molecule has 18 heavy (non-hydrogen) atoms. The van der Waals surface area contributed by atoms with Crippen LogP contribution in [0.25, 0.3) is 0 Å². The molecular formula is C12H23NO5. The Kier molecular flexibility index (Phi) is 4.25. The van der Waals surface area contributed by atoms with Crippen molar-refractivity contribution in [2.45, 2.75) is 56.3 Å². The van der Waals surface area contributed by atoms with Crippen LogP contribution in [0.15, 0.2) is 0 Å². The molecule has 2 aliphatic heterocycles. The van der Waals surface area contributed by atoms with Crippen LogP contribution in [-0.4, -0.2) is 71.1 Å². The van der Waals surface area contributed by atoms with E-state index >= 15 is 0 Å². The Hall–Kier alpha value is -0.240.